The monoisotopic (exact) mass is 283 g/mol. The van der Waals surface area contributed by atoms with Crippen molar-refractivity contribution in [1.29, 1.82) is 0 Å². The standard InChI is InChI=1S/C16H14FN3O/c1-19(10-12-5-7-13(17)8-6-12)16-14(11-21)20-9-3-2-4-15(20)18-16/h2-9,11H,10H2,1H3. The molecule has 0 unspecified atom stereocenters. The van der Waals surface area contributed by atoms with E-state index in [0.29, 0.717) is 18.1 Å². The van der Waals surface area contributed by atoms with Gasteiger partial charge in [0.2, 0.25) is 0 Å². The van der Waals surface area contributed by atoms with Gasteiger partial charge in [-0.1, -0.05) is 18.2 Å². The van der Waals surface area contributed by atoms with Crippen LogP contribution in [0.1, 0.15) is 16.1 Å². The van der Waals surface area contributed by atoms with Crippen LogP contribution in [0.15, 0.2) is 48.7 Å². The third-order valence-electron chi connectivity index (χ3n) is 3.35. The number of anilines is 1. The van der Waals surface area contributed by atoms with Crippen LogP contribution in [0.4, 0.5) is 10.2 Å². The Balaban J connectivity index is 1.95. The predicted octanol–water partition coefficient (Wildman–Crippen LogP) is 2.92. The van der Waals surface area contributed by atoms with Crippen LogP contribution in [0.3, 0.4) is 0 Å². The van der Waals surface area contributed by atoms with Crippen LogP contribution in [0.2, 0.25) is 0 Å². The van der Waals surface area contributed by atoms with Gasteiger partial charge in [-0.05, 0) is 29.8 Å². The second-order valence-electron chi connectivity index (χ2n) is 4.85. The lowest BCUT2D eigenvalue weighted by Crippen LogP contribution is -2.18. The van der Waals surface area contributed by atoms with Crippen LogP contribution >= 0.6 is 0 Å². The number of hydrogen-bond acceptors (Lipinski definition) is 3. The number of nitrogens with zero attached hydrogens (tertiary/aromatic N) is 3. The number of carbonyl (C=O) groups excluding carboxylic acids is 1. The zero-order valence-corrected chi connectivity index (χ0v) is 11.5. The maximum atomic E-state index is 12.9. The van der Waals surface area contributed by atoms with E-state index in [9.17, 15) is 9.18 Å². The number of imidazole rings is 1. The number of halogens is 1. The van der Waals surface area contributed by atoms with Crippen molar-refractivity contribution in [3.63, 3.8) is 0 Å². The largest absolute Gasteiger partial charge is 0.353 e. The molecule has 0 saturated heterocycles. The van der Waals surface area contributed by atoms with Crippen molar-refractivity contribution in [2.45, 2.75) is 6.54 Å². The van der Waals surface area contributed by atoms with Crippen LogP contribution in [-0.2, 0) is 6.54 Å². The number of rotatable bonds is 4. The highest BCUT2D eigenvalue weighted by Gasteiger charge is 2.15. The maximum Gasteiger partial charge on any atom is 0.170 e. The Morgan fingerprint density at radius 2 is 2.00 bits per heavy atom. The molecule has 0 N–H and O–H groups in total. The van der Waals surface area contributed by atoms with E-state index < -0.39 is 0 Å². The highest BCUT2D eigenvalue weighted by Crippen LogP contribution is 2.21. The number of hydrogen-bond donors (Lipinski definition) is 0. The number of benzene rings is 1. The second-order valence-corrected chi connectivity index (χ2v) is 4.85. The fourth-order valence-corrected chi connectivity index (χ4v) is 2.33. The van der Waals surface area contributed by atoms with Crippen LogP contribution in [0.25, 0.3) is 5.65 Å². The van der Waals surface area contributed by atoms with E-state index in [4.69, 9.17) is 0 Å². The van der Waals surface area contributed by atoms with Gasteiger partial charge in [-0.15, -0.1) is 0 Å². The summed E-state index contributed by atoms with van der Waals surface area (Å²) in [4.78, 5) is 17.7. The van der Waals surface area contributed by atoms with Crippen molar-refractivity contribution in [3.05, 3.63) is 65.7 Å². The quantitative estimate of drug-likeness (QED) is 0.691. The number of fused-ring (bicyclic) bond motifs is 1. The Kier molecular flexibility index (Phi) is 3.39. The molecule has 2 aromatic heterocycles. The highest BCUT2D eigenvalue weighted by atomic mass is 19.1. The number of pyridine rings is 1. The molecule has 0 spiro atoms. The van der Waals surface area contributed by atoms with Crippen molar-refractivity contribution in [1.82, 2.24) is 9.38 Å². The van der Waals surface area contributed by atoms with Crippen molar-refractivity contribution in [2.24, 2.45) is 0 Å². The number of carbonyl (C=O) groups is 1. The molecule has 0 aliphatic rings. The zero-order valence-electron chi connectivity index (χ0n) is 11.5. The summed E-state index contributed by atoms with van der Waals surface area (Å²) in [6.45, 7) is 0.547. The summed E-state index contributed by atoms with van der Waals surface area (Å²) in [5.41, 5.74) is 2.18. The van der Waals surface area contributed by atoms with Crippen LogP contribution in [0.5, 0.6) is 0 Å². The first kappa shape index (κ1) is 13.3. The summed E-state index contributed by atoms with van der Waals surface area (Å²) in [6, 6.07) is 11.9. The summed E-state index contributed by atoms with van der Waals surface area (Å²) in [5.74, 6) is 0.350. The molecule has 21 heavy (non-hydrogen) atoms. The maximum absolute atomic E-state index is 12.9. The summed E-state index contributed by atoms with van der Waals surface area (Å²) in [6.07, 6.45) is 2.61. The van der Waals surface area contributed by atoms with Crippen molar-refractivity contribution >= 4 is 17.8 Å². The molecule has 0 aliphatic heterocycles. The molecule has 3 aromatic rings. The van der Waals surface area contributed by atoms with E-state index in [1.54, 1.807) is 22.7 Å². The molecule has 0 saturated carbocycles. The van der Waals surface area contributed by atoms with Gasteiger partial charge >= 0.3 is 0 Å². The molecule has 4 nitrogen and oxygen atoms in total. The molecule has 3 rings (SSSR count). The lowest BCUT2D eigenvalue weighted by molar-refractivity contribution is 0.111. The molecule has 2 heterocycles. The van der Waals surface area contributed by atoms with E-state index in [2.05, 4.69) is 4.98 Å². The molecule has 5 heteroatoms. The Hall–Kier alpha value is -2.69. The third-order valence-corrected chi connectivity index (χ3v) is 3.35. The van der Waals surface area contributed by atoms with E-state index in [0.717, 1.165) is 17.5 Å². The lowest BCUT2D eigenvalue weighted by atomic mass is 10.2. The van der Waals surface area contributed by atoms with Crippen LogP contribution < -0.4 is 4.90 Å². The molecule has 0 aliphatic carbocycles. The molecule has 0 fully saturated rings. The SMILES string of the molecule is CN(Cc1ccc(F)cc1)c1nc2ccccn2c1C=O. The molecular formula is C16H14FN3O. The first-order chi connectivity index (χ1) is 10.2. The highest BCUT2D eigenvalue weighted by molar-refractivity contribution is 5.83. The van der Waals surface area contributed by atoms with Crippen molar-refractivity contribution in [2.75, 3.05) is 11.9 Å². The molecule has 106 valence electrons. The van der Waals surface area contributed by atoms with E-state index in [-0.39, 0.29) is 5.82 Å². The average molecular weight is 283 g/mol. The van der Waals surface area contributed by atoms with E-state index in [1.165, 1.54) is 12.1 Å². The minimum Gasteiger partial charge on any atom is -0.353 e. The van der Waals surface area contributed by atoms with E-state index in [1.807, 2.05) is 30.1 Å². The zero-order chi connectivity index (χ0) is 14.8. The van der Waals surface area contributed by atoms with Crippen LogP contribution in [0, 0.1) is 5.82 Å². The van der Waals surface area contributed by atoms with Gasteiger partial charge in [-0.2, -0.15) is 0 Å². The first-order valence-electron chi connectivity index (χ1n) is 6.57. The lowest BCUT2D eigenvalue weighted by Gasteiger charge is -2.17. The van der Waals surface area contributed by atoms with Gasteiger partial charge in [0, 0.05) is 19.8 Å². The molecule has 0 radical (unpaired) electrons. The summed E-state index contributed by atoms with van der Waals surface area (Å²) in [5, 5.41) is 0. The molecule has 0 atom stereocenters. The second kappa shape index (κ2) is 5.36. The van der Waals surface area contributed by atoms with Gasteiger partial charge in [0.25, 0.3) is 0 Å². The molecular weight excluding hydrogens is 269 g/mol. The topological polar surface area (TPSA) is 37.6 Å². The Morgan fingerprint density at radius 3 is 2.71 bits per heavy atom. The third kappa shape index (κ3) is 2.50. The Morgan fingerprint density at radius 1 is 1.24 bits per heavy atom. The summed E-state index contributed by atoms with van der Waals surface area (Å²) < 4.78 is 14.7. The number of aromatic nitrogens is 2. The van der Waals surface area contributed by atoms with Gasteiger partial charge < -0.3 is 4.90 Å². The van der Waals surface area contributed by atoms with Gasteiger partial charge in [0.15, 0.2) is 12.1 Å². The van der Waals surface area contributed by atoms with Gasteiger partial charge in [0.05, 0.1) is 0 Å². The van der Waals surface area contributed by atoms with Gasteiger partial charge in [0.1, 0.15) is 17.2 Å². The Labute approximate surface area is 121 Å². The summed E-state index contributed by atoms with van der Waals surface area (Å²) in [7, 11) is 1.86. The minimum atomic E-state index is -0.261. The smallest absolute Gasteiger partial charge is 0.170 e. The van der Waals surface area contributed by atoms with Crippen molar-refractivity contribution < 1.29 is 9.18 Å². The fraction of sp³-hybridized carbons (Fsp3) is 0.125. The van der Waals surface area contributed by atoms with Crippen LogP contribution in [-0.4, -0.2) is 22.7 Å². The normalized spacial score (nSPS) is 10.8. The molecule has 1 aromatic carbocycles. The van der Waals surface area contributed by atoms with Gasteiger partial charge in [-0.25, -0.2) is 9.37 Å². The number of aldehydes is 1. The predicted molar refractivity (Wildman–Crippen MR) is 79.1 cm³/mol. The fourth-order valence-electron chi connectivity index (χ4n) is 2.33. The van der Waals surface area contributed by atoms with Gasteiger partial charge in [-0.3, -0.25) is 9.20 Å². The minimum absolute atomic E-state index is 0.261. The Bertz CT molecular complexity index is 780. The molecule has 0 bridgehead atoms. The summed E-state index contributed by atoms with van der Waals surface area (Å²) >= 11 is 0. The average Bonchev–Trinajstić information content (AvgIpc) is 2.88. The molecule has 0 amide bonds. The van der Waals surface area contributed by atoms with E-state index >= 15 is 0 Å². The van der Waals surface area contributed by atoms with Crippen molar-refractivity contribution in [3.8, 4) is 0 Å². The first-order valence-corrected chi connectivity index (χ1v) is 6.57.